The first-order chi connectivity index (χ1) is 12.0. The number of hydrogen-bond acceptors (Lipinski definition) is 9. The van der Waals surface area contributed by atoms with Gasteiger partial charge in [-0.25, -0.2) is 31.3 Å². The summed E-state index contributed by atoms with van der Waals surface area (Å²) in [4.78, 5) is 20.7. The number of rotatable bonds is 5. The van der Waals surface area contributed by atoms with E-state index in [0.29, 0.717) is 5.69 Å². The molecule has 0 fully saturated rings. The van der Waals surface area contributed by atoms with Gasteiger partial charge in [-0.1, -0.05) is 0 Å². The Kier molecular flexibility index (Phi) is 5.53. The molecule has 2 aromatic heterocycles. The summed E-state index contributed by atoms with van der Waals surface area (Å²) in [6, 6.07) is 1.60. The van der Waals surface area contributed by atoms with Crippen molar-refractivity contribution in [2.24, 2.45) is 0 Å². The Morgan fingerprint density at radius 2 is 1.92 bits per heavy atom. The Labute approximate surface area is 154 Å². The molecule has 0 radical (unpaired) electrons. The van der Waals surface area contributed by atoms with Crippen LogP contribution < -0.4 is 14.4 Å². The number of aromatic nitrogens is 2. The van der Waals surface area contributed by atoms with Crippen LogP contribution in [0.2, 0.25) is 0 Å². The van der Waals surface area contributed by atoms with E-state index in [2.05, 4.69) is 9.97 Å². The maximum Gasteiger partial charge on any atom is 0.337 e. The predicted molar refractivity (Wildman–Crippen MR) is 94.9 cm³/mol. The summed E-state index contributed by atoms with van der Waals surface area (Å²) < 4.78 is 54.7. The SMILES string of the molecule is COc1cc(C)nc(N(C)C(=O)NS(=O)(=O)c2ccsc2S(C)(=O)=O)n1. The smallest absolute Gasteiger partial charge is 0.337 e. The number of hydrogen-bond donors (Lipinski definition) is 1. The number of amides is 2. The van der Waals surface area contributed by atoms with E-state index < -0.39 is 30.8 Å². The van der Waals surface area contributed by atoms with Crippen LogP contribution in [-0.4, -0.2) is 53.2 Å². The lowest BCUT2D eigenvalue weighted by Crippen LogP contribution is -2.41. The van der Waals surface area contributed by atoms with Gasteiger partial charge in [-0.15, -0.1) is 11.3 Å². The number of urea groups is 1. The Hall–Kier alpha value is -2.25. The summed E-state index contributed by atoms with van der Waals surface area (Å²) in [7, 11) is -5.51. The minimum absolute atomic E-state index is 0.0804. The lowest BCUT2D eigenvalue weighted by Gasteiger charge is -2.17. The number of nitrogens with zero attached hydrogens (tertiary/aromatic N) is 3. The van der Waals surface area contributed by atoms with Crippen LogP contribution in [0, 0.1) is 6.92 Å². The predicted octanol–water partition coefficient (Wildman–Crippen LogP) is 0.793. The quantitative estimate of drug-likeness (QED) is 0.750. The fourth-order valence-corrected chi connectivity index (χ4v) is 5.96. The minimum atomic E-state index is -4.41. The lowest BCUT2D eigenvalue weighted by molar-refractivity contribution is 0.251. The molecule has 0 unspecified atom stereocenters. The van der Waals surface area contributed by atoms with Gasteiger partial charge in [-0.3, -0.25) is 4.90 Å². The first-order valence-corrected chi connectivity index (χ1v) is 11.2. The van der Waals surface area contributed by atoms with Gasteiger partial charge in [0.25, 0.3) is 10.0 Å². The van der Waals surface area contributed by atoms with Crippen molar-refractivity contribution in [2.75, 3.05) is 25.3 Å². The van der Waals surface area contributed by atoms with Crippen LogP contribution >= 0.6 is 11.3 Å². The second-order valence-corrected chi connectivity index (χ2v) is 9.94. The summed E-state index contributed by atoms with van der Waals surface area (Å²) in [5, 5.41) is 1.31. The third kappa shape index (κ3) is 4.28. The van der Waals surface area contributed by atoms with E-state index in [-0.39, 0.29) is 16.0 Å². The fourth-order valence-electron chi connectivity index (χ4n) is 1.86. The molecule has 0 aliphatic rings. The van der Waals surface area contributed by atoms with E-state index in [0.717, 1.165) is 28.6 Å². The Bertz CT molecular complexity index is 1050. The van der Waals surface area contributed by atoms with Gasteiger partial charge in [0.15, 0.2) is 9.84 Å². The molecule has 2 aromatic rings. The third-order valence-corrected chi connectivity index (χ3v) is 7.49. The molecule has 0 spiro atoms. The van der Waals surface area contributed by atoms with Crippen molar-refractivity contribution in [2.45, 2.75) is 16.0 Å². The normalized spacial score (nSPS) is 11.8. The molecule has 13 heteroatoms. The molecule has 1 N–H and O–H groups in total. The number of nitrogens with one attached hydrogen (secondary N) is 1. The van der Waals surface area contributed by atoms with Crippen LogP contribution in [0.5, 0.6) is 5.88 Å². The van der Waals surface area contributed by atoms with Crippen molar-refractivity contribution >= 4 is 43.2 Å². The monoisotopic (exact) mass is 420 g/mol. The molecule has 10 nitrogen and oxygen atoms in total. The number of anilines is 1. The zero-order valence-electron chi connectivity index (χ0n) is 14.2. The molecule has 2 heterocycles. The van der Waals surface area contributed by atoms with Crippen molar-refractivity contribution in [3.05, 3.63) is 23.2 Å². The molecule has 0 saturated heterocycles. The second-order valence-electron chi connectivity index (χ2n) is 5.17. The molecule has 0 aliphatic heterocycles. The minimum Gasteiger partial charge on any atom is -0.481 e. The molecule has 2 amide bonds. The highest BCUT2D eigenvalue weighted by molar-refractivity contribution is 7.95. The van der Waals surface area contributed by atoms with Crippen molar-refractivity contribution in [1.29, 1.82) is 0 Å². The van der Waals surface area contributed by atoms with Gasteiger partial charge in [0, 0.05) is 25.1 Å². The van der Waals surface area contributed by atoms with Gasteiger partial charge in [-0.05, 0) is 18.4 Å². The summed E-state index contributed by atoms with van der Waals surface area (Å²) in [5.74, 6) is 0.121. The van der Waals surface area contributed by atoms with Crippen LogP contribution in [0.4, 0.5) is 10.7 Å². The van der Waals surface area contributed by atoms with Crippen molar-refractivity contribution in [3.8, 4) is 5.88 Å². The number of sulfonamides is 1. The Balaban J connectivity index is 2.32. The van der Waals surface area contributed by atoms with E-state index >= 15 is 0 Å². The molecule has 142 valence electrons. The molecule has 0 aromatic carbocycles. The molecule has 2 rings (SSSR count). The average Bonchev–Trinajstić information content (AvgIpc) is 3.04. The summed E-state index contributed by atoms with van der Waals surface area (Å²) in [6.07, 6.45) is 0.888. The Morgan fingerprint density at radius 1 is 1.27 bits per heavy atom. The number of carbonyl (C=O) groups is 1. The van der Waals surface area contributed by atoms with Gasteiger partial charge in [0.2, 0.25) is 11.8 Å². The van der Waals surface area contributed by atoms with Gasteiger partial charge >= 0.3 is 6.03 Å². The fraction of sp³-hybridized carbons (Fsp3) is 0.308. The zero-order chi connectivity index (χ0) is 19.7. The highest BCUT2D eigenvalue weighted by atomic mass is 32.2. The van der Waals surface area contributed by atoms with E-state index in [1.54, 1.807) is 11.6 Å². The molecular weight excluding hydrogens is 404 g/mol. The summed E-state index contributed by atoms with van der Waals surface area (Å²) in [5.41, 5.74) is 0.506. The number of methoxy groups -OCH3 is 1. The van der Waals surface area contributed by atoms with Crippen LogP contribution in [0.15, 0.2) is 26.6 Å². The van der Waals surface area contributed by atoms with Crippen molar-refractivity contribution in [1.82, 2.24) is 14.7 Å². The number of sulfone groups is 1. The molecule has 0 bridgehead atoms. The number of ether oxygens (including phenoxy) is 1. The molecule has 0 saturated carbocycles. The van der Waals surface area contributed by atoms with E-state index in [1.807, 2.05) is 0 Å². The third-order valence-electron chi connectivity index (χ3n) is 3.08. The highest BCUT2D eigenvalue weighted by Crippen LogP contribution is 2.26. The first kappa shape index (κ1) is 20.1. The topological polar surface area (TPSA) is 136 Å². The van der Waals surface area contributed by atoms with Gasteiger partial charge in [0.05, 0.1) is 7.11 Å². The van der Waals surface area contributed by atoms with Crippen LogP contribution in [0.25, 0.3) is 0 Å². The van der Waals surface area contributed by atoms with Gasteiger partial charge < -0.3 is 4.74 Å². The maximum absolute atomic E-state index is 12.4. The van der Waals surface area contributed by atoms with Crippen molar-refractivity contribution < 1.29 is 26.4 Å². The summed E-state index contributed by atoms with van der Waals surface area (Å²) in [6.45, 7) is 1.65. The molecule has 26 heavy (non-hydrogen) atoms. The molecular formula is C13H16N4O6S3. The Morgan fingerprint density at radius 3 is 2.50 bits per heavy atom. The number of carbonyl (C=O) groups excluding carboxylic acids is 1. The van der Waals surface area contributed by atoms with Crippen LogP contribution in [-0.2, 0) is 19.9 Å². The second kappa shape index (κ2) is 7.17. The van der Waals surface area contributed by atoms with E-state index in [1.165, 1.54) is 25.6 Å². The standard InChI is InChI=1S/C13H16N4O6S3/c1-8-7-10(23-3)15-12(14-8)17(2)13(18)16-26(21,22)9-5-6-24-11(9)25(4,19)20/h5-7H,1-4H3,(H,16,18). The molecule has 0 atom stereocenters. The lowest BCUT2D eigenvalue weighted by atomic mass is 10.4. The van der Waals surface area contributed by atoms with E-state index in [4.69, 9.17) is 4.74 Å². The summed E-state index contributed by atoms with van der Waals surface area (Å²) >= 11 is 0.749. The van der Waals surface area contributed by atoms with Crippen LogP contribution in [0.3, 0.4) is 0 Å². The first-order valence-electron chi connectivity index (χ1n) is 6.93. The van der Waals surface area contributed by atoms with Gasteiger partial charge in [-0.2, -0.15) is 4.98 Å². The van der Waals surface area contributed by atoms with E-state index in [9.17, 15) is 21.6 Å². The number of thiophene rings is 1. The molecule has 0 aliphatic carbocycles. The zero-order valence-corrected chi connectivity index (χ0v) is 16.7. The largest absolute Gasteiger partial charge is 0.481 e. The highest BCUT2D eigenvalue weighted by Gasteiger charge is 2.29. The number of aryl methyl sites for hydroxylation is 1. The average molecular weight is 420 g/mol. The van der Waals surface area contributed by atoms with Crippen molar-refractivity contribution in [3.63, 3.8) is 0 Å². The van der Waals surface area contributed by atoms with Crippen LogP contribution in [0.1, 0.15) is 5.69 Å². The maximum atomic E-state index is 12.4. The van der Waals surface area contributed by atoms with Gasteiger partial charge in [0.1, 0.15) is 9.10 Å².